The van der Waals surface area contributed by atoms with Gasteiger partial charge in [-0.1, -0.05) is 12.1 Å². The van der Waals surface area contributed by atoms with Crippen LogP contribution in [-0.4, -0.2) is 48.5 Å². The molecular weight excluding hydrogens is 320 g/mol. The Labute approximate surface area is 147 Å². The van der Waals surface area contributed by atoms with Gasteiger partial charge in [-0.2, -0.15) is 0 Å². The highest BCUT2D eigenvalue weighted by molar-refractivity contribution is 7.13. The Hall–Kier alpha value is -1.92. The van der Waals surface area contributed by atoms with E-state index in [1.807, 2.05) is 26.0 Å². The fourth-order valence-electron chi connectivity index (χ4n) is 2.86. The lowest BCUT2D eigenvalue weighted by atomic mass is 10.1. The second kappa shape index (κ2) is 7.32. The number of piperazine rings is 1. The van der Waals surface area contributed by atoms with E-state index in [0.717, 1.165) is 48.3 Å². The van der Waals surface area contributed by atoms with Gasteiger partial charge in [-0.15, -0.1) is 11.3 Å². The zero-order valence-corrected chi connectivity index (χ0v) is 15.3. The molecule has 0 saturated carbocycles. The number of nitrogens with zero attached hydrogens (tertiary/aromatic N) is 3. The first-order valence-corrected chi connectivity index (χ1v) is 9.16. The smallest absolute Gasteiger partial charge is 0.238 e. The van der Waals surface area contributed by atoms with E-state index in [4.69, 9.17) is 0 Å². The van der Waals surface area contributed by atoms with E-state index in [1.54, 1.807) is 11.3 Å². The molecule has 6 heteroatoms. The quantitative estimate of drug-likeness (QED) is 0.926. The van der Waals surface area contributed by atoms with Gasteiger partial charge < -0.3 is 10.2 Å². The summed E-state index contributed by atoms with van der Waals surface area (Å²) >= 11 is 1.69. The highest BCUT2D eigenvalue weighted by Crippen LogP contribution is 2.21. The number of carbonyl (C=O) groups is 1. The summed E-state index contributed by atoms with van der Waals surface area (Å²) in [6.07, 6.45) is 0. The van der Waals surface area contributed by atoms with Crippen LogP contribution in [-0.2, 0) is 4.79 Å². The van der Waals surface area contributed by atoms with Crippen LogP contribution in [0.2, 0.25) is 0 Å². The number of nitrogens with one attached hydrogen (secondary N) is 1. The molecule has 24 heavy (non-hydrogen) atoms. The third-order valence-electron chi connectivity index (χ3n) is 4.50. The summed E-state index contributed by atoms with van der Waals surface area (Å²) in [4.78, 5) is 21.4. The van der Waals surface area contributed by atoms with E-state index in [-0.39, 0.29) is 5.91 Å². The Bertz CT molecular complexity index is 720. The normalized spacial score (nSPS) is 15.5. The molecule has 1 amide bonds. The predicted molar refractivity (Wildman–Crippen MR) is 100 cm³/mol. The molecule has 5 nitrogen and oxygen atoms in total. The third-order valence-corrected chi connectivity index (χ3v) is 5.51. The topological polar surface area (TPSA) is 48.5 Å². The Balaban J connectivity index is 1.50. The summed E-state index contributed by atoms with van der Waals surface area (Å²) in [5.41, 5.74) is 4.32. The van der Waals surface area contributed by atoms with Crippen molar-refractivity contribution in [1.82, 2.24) is 9.88 Å². The summed E-state index contributed by atoms with van der Waals surface area (Å²) in [5, 5.41) is 6.21. The lowest BCUT2D eigenvalue weighted by Crippen LogP contribution is -2.48. The lowest BCUT2D eigenvalue weighted by Gasteiger charge is -2.34. The van der Waals surface area contributed by atoms with Crippen molar-refractivity contribution in [1.29, 1.82) is 0 Å². The standard InChI is InChI=1S/C18H24N4OS/c1-13-5-4-6-16(15(13)3)20-17(23)11-21-7-9-22(10-8-21)18-19-14(2)12-24-18/h4-6,12H,7-11H2,1-3H3,(H,20,23). The van der Waals surface area contributed by atoms with Crippen molar-refractivity contribution in [3.8, 4) is 0 Å². The minimum Gasteiger partial charge on any atom is -0.346 e. The molecule has 1 aromatic heterocycles. The number of anilines is 2. The van der Waals surface area contributed by atoms with Crippen LogP contribution in [0.1, 0.15) is 16.8 Å². The van der Waals surface area contributed by atoms with E-state index < -0.39 is 0 Å². The van der Waals surface area contributed by atoms with Crippen molar-refractivity contribution < 1.29 is 4.79 Å². The van der Waals surface area contributed by atoms with Gasteiger partial charge in [0.2, 0.25) is 5.91 Å². The molecule has 0 bridgehead atoms. The molecule has 0 aliphatic carbocycles. The number of rotatable bonds is 4. The zero-order chi connectivity index (χ0) is 17.1. The lowest BCUT2D eigenvalue weighted by molar-refractivity contribution is -0.117. The second-order valence-corrected chi connectivity index (χ2v) is 7.17. The molecule has 0 unspecified atom stereocenters. The van der Waals surface area contributed by atoms with Crippen LogP contribution in [0.5, 0.6) is 0 Å². The molecule has 1 aliphatic rings. The van der Waals surface area contributed by atoms with Crippen molar-refractivity contribution in [2.24, 2.45) is 0 Å². The Morgan fingerprint density at radius 2 is 1.96 bits per heavy atom. The van der Waals surface area contributed by atoms with Gasteiger partial charge in [-0.05, 0) is 38.0 Å². The van der Waals surface area contributed by atoms with Crippen molar-refractivity contribution in [2.45, 2.75) is 20.8 Å². The first-order valence-electron chi connectivity index (χ1n) is 8.28. The summed E-state index contributed by atoms with van der Waals surface area (Å²) < 4.78 is 0. The fraction of sp³-hybridized carbons (Fsp3) is 0.444. The van der Waals surface area contributed by atoms with Gasteiger partial charge in [-0.3, -0.25) is 9.69 Å². The first-order chi connectivity index (χ1) is 11.5. The number of benzene rings is 1. The number of hydrogen-bond donors (Lipinski definition) is 1. The number of carbonyl (C=O) groups excluding carboxylic acids is 1. The van der Waals surface area contributed by atoms with Crippen LogP contribution < -0.4 is 10.2 Å². The van der Waals surface area contributed by atoms with Crippen LogP contribution >= 0.6 is 11.3 Å². The number of hydrogen-bond acceptors (Lipinski definition) is 5. The molecule has 1 fully saturated rings. The second-order valence-electron chi connectivity index (χ2n) is 6.33. The molecule has 1 saturated heterocycles. The molecular formula is C18H24N4OS. The molecule has 1 aromatic carbocycles. The summed E-state index contributed by atoms with van der Waals surface area (Å²) in [7, 11) is 0. The van der Waals surface area contributed by atoms with Gasteiger partial charge in [0.25, 0.3) is 0 Å². The van der Waals surface area contributed by atoms with E-state index in [1.165, 1.54) is 5.56 Å². The number of aromatic nitrogens is 1. The summed E-state index contributed by atoms with van der Waals surface area (Å²) in [5.74, 6) is 0.0576. The van der Waals surface area contributed by atoms with Crippen molar-refractivity contribution in [2.75, 3.05) is 42.9 Å². The largest absolute Gasteiger partial charge is 0.346 e. The summed E-state index contributed by atoms with van der Waals surface area (Å²) in [6, 6.07) is 6.00. The fourth-order valence-corrected chi connectivity index (χ4v) is 3.72. The Morgan fingerprint density at radius 3 is 2.62 bits per heavy atom. The molecule has 1 aliphatic heterocycles. The van der Waals surface area contributed by atoms with Gasteiger partial charge in [0.05, 0.1) is 12.2 Å². The molecule has 128 valence electrons. The highest BCUT2D eigenvalue weighted by Gasteiger charge is 2.21. The van der Waals surface area contributed by atoms with Gasteiger partial charge in [0.15, 0.2) is 5.13 Å². The van der Waals surface area contributed by atoms with Crippen LogP contribution in [0, 0.1) is 20.8 Å². The number of amides is 1. The summed E-state index contributed by atoms with van der Waals surface area (Å²) in [6.45, 7) is 10.2. The average molecular weight is 344 g/mol. The third kappa shape index (κ3) is 3.94. The van der Waals surface area contributed by atoms with Crippen LogP contribution in [0.4, 0.5) is 10.8 Å². The molecule has 3 rings (SSSR count). The molecule has 0 radical (unpaired) electrons. The van der Waals surface area contributed by atoms with E-state index >= 15 is 0 Å². The van der Waals surface area contributed by atoms with Crippen molar-refractivity contribution in [3.63, 3.8) is 0 Å². The van der Waals surface area contributed by atoms with Gasteiger partial charge in [-0.25, -0.2) is 4.98 Å². The van der Waals surface area contributed by atoms with E-state index in [2.05, 4.69) is 38.5 Å². The molecule has 2 heterocycles. The van der Waals surface area contributed by atoms with Gasteiger partial charge in [0.1, 0.15) is 0 Å². The molecule has 0 spiro atoms. The van der Waals surface area contributed by atoms with E-state index in [9.17, 15) is 4.79 Å². The SMILES string of the molecule is Cc1csc(N2CCN(CC(=O)Nc3cccc(C)c3C)CC2)n1. The van der Waals surface area contributed by atoms with E-state index in [0.29, 0.717) is 6.54 Å². The van der Waals surface area contributed by atoms with Crippen LogP contribution in [0.3, 0.4) is 0 Å². The molecule has 2 aromatic rings. The number of thiazole rings is 1. The molecule has 1 N–H and O–H groups in total. The monoisotopic (exact) mass is 344 g/mol. The highest BCUT2D eigenvalue weighted by atomic mass is 32.1. The maximum Gasteiger partial charge on any atom is 0.238 e. The minimum absolute atomic E-state index is 0.0576. The Morgan fingerprint density at radius 1 is 1.21 bits per heavy atom. The predicted octanol–water partition coefficient (Wildman–Crippen LogP) is 2.83. The van der Waals surface area contributed by atoms with Crippen molar-refractivity contribution in [3.05, 3.63) is 40.4 Å². The van der Waals surface area contributed by atoms with Crippen LogP contribution in [0.25, 0.3) is 0 Å². The minimum atomic E-state index is 0.0576. The maximum absolute atomic E-state index is 12.3. The maximum atomic E-state index is 12.3. The average Bonchev–Trinajstić information content (AvgIpc) is 2.99. The van der Waals surface area contributed by atoms with Crippen molar-refractivity contribution >= 4 is 28.1 Å². The number of aryl methyl sites for hydroxylation is 2. The zero-order valence-electron chi connectivity index (χ0n) is 14.5. The molecule has 0 atom stereocenters. The van der Waals surface area contributed by atoms with Crippen LogP contribution in [0.15, 0.2) is 23.6 Å². The Kier molecular flexibility index (Phi) is 5.16. The van der Waals surface area contributed by atoms with Gasteiger partial charge in [0, 0.05) is 37.2 Å². The first kappa shape index (κ1) is 16.9. The van der Waals surface area contributed by atoms with Gasteiger partial charge >= 0.3 is 0 Å².